The number of esters is 1. The fraction of sp³-hybridized carbons (Fsp3) is 0.875. The highest BCUT2D eigenvalue weighted by Gasteiger charge is 2.11. The van der Waals surface area contributed by atoms with E-state index in [-0.39, 0.29) is 24.4 Å². The van der Waals surface area contributed by atoms with Crippen molar-refractivity contribution in [2.75, 3.05) is 19.0 Å². The van der Waals surface area contributed by atoms with Gasteiger partial charge in [0.1, 0.15) is 6.04 Å². The second-order valence-corrected chi connectivity index (χ2v) is 2.85. The Hall–Kier alpha value is 0.01000. The zero-order valence-corrected chi connectivity index (χ0v) is 9.58. The number of carbonyl (C=O) groups is 1. The Balaban J connectivity index is 0. The Morgan fingerprint density at radius 1 is 1.62 bits per heavy atom. The first-order valence-corrected chi connectivity index (χ1v) is 4.71. The first-order valence-electron chi connectivity index (χ1n) is 4.18. The summed E-state index contributed by atoms with van der Waals surface area (Å²) < 4.78 is 4.80. The lowest BCUT2D eigenvalue weighted by Crippen LogP contribution is -2.36. The van der Waals surface area contributed by atoms with Crippen molar-refractivity contribution in [1.82, 2.24) is 5.32 Å². The molecular formula is C8H17Cl2NO2. The summed E-state index contributed by atoms with van der Waals surface area (Å²) in [5.74, 6) is 0.412. The standard InChI is InChI=1S/C8H16ClNO2.ClH/c1-3-12-8(11)7(2)10-6-4-5-9;/h7,10H,3-6H2,1-2H3;1H. The van der Waals surface area contributed by atoms with Crippen LogP contribution < -0.4 is 5.32 Å². The normalized spacial score (nSPS) is 11.6. The van der Waals surface area contributed by atoms with Crippen molar-refractivity contribution in [2.45, 2.75) is 26.3 Å². The van der Waals surface area contributed by atoms with Crippen LogP contribution in [0.15, 0.2) is 0 Å². The number of nitrogens with one attached hydrogen (secondary N) is 1. The number of hydrogen-bond donors (Lipinski definition) is 1. The maximum absolute atomic E-state index is 11.0. The summed E-state index contributed by atoms with van der Waals surface area (Å²) in [6.07, 6.45) is 0.866. The number of carbonyl (C=O) groups excluding carboxylic acids is 1. The number of ether oxygens (including phenoxy) is 1. The molecular weight excluding hydrogens is 213 g/mol. The van der Waals surface area contributed by atoms with E-state index in [1.807, 2.05) is 0 Å². The third-order valence-corrected chi connectivity index (χ3v) is 1.67. The molecule has 0 spiro atoms. The molecule has 0 aromatic carbocycles. The molecule has 0 saturated carbocycles. The summed E-state index contributed by atoms with van der Waals surface area (Å²) in [5, 5.41) is 3.01. The second kappa shape index (κ2) is 10.1. The van der Waals surface area contributed by atoms with Gasteiger partial charge in [0.25, 0.3) is 0 Å². The first-order chi connectivity index (χ1) is 5.72. The van der Waals surface area contributed by atoms with Gasteiger partial charge in [-0.25, -0.2) is 0 Å². The number of halogens is 2. The Bertz CT molecular complexity index is 133. The van der Waals surface area contributed by atoms with Crippen LogP contribution in [0.25, 0.3) is 0 Å². The third-order valence-electron chi connectivity index (χ3n) is 1.40. The lowest BCUT2D eigenvalue weighted by atomic mass is 10.3. The molecule has 1 N–H and O–H groups in total. The van der Waals surface area contributed by atoms with E-state index >= 15 is 0 Å². The van der Waals surface area contributed by atoms with Gasteiger partial charge in [-0.3, -0.25) is 4.79 Å². The summed E-state index contributed by atoms with van der Waals surface area (Å²) in [7, 11) is 0. The molecule has 13 heavy (non-hydrogen) atoms. The molecule has 0 radical (unpaired) electrons. The van der Waals surface area contributed by atoms with E-state index in [0.717, 1.165) is 13.0 Å². The predicted molar refractivity (Wildman–Crippen MR) is 56.7 cm³/mol. The molecule has 0 saturated heterocycles. The molecule has 3 nitrogen and oxygen atoms in total. The molecule has 0 aromatic heterocycles. The van der Waals surface area contributed by atoms with Crippen LogP contribution in [0.5, 0.6) is 0 Å². The van der Waals surface area contributed by atoms with E-state index in [1.54, 1.807) is 13.8 Å². The highest BCUT2D eigenvalue weighted by Crippen LogP contribution is 1.89. The van der Waals surface area contributed by atoms with Gasteiger partial charge in [0.15, 0.2) is 0 Å². The molecule has 80 valence electrons. The molecule has 0 aliphatic carbocycles. The van der Waals surface area contributed by atoms with Crippen LogP contribution in [-0.2, 0) is 9.53 Å². The molecule has 1 unspecified atom stereocenters. The van der Waals surface area contributed by atoms with Crippen LogP contribution >= 0.6 is 24.0 Å². The molecule has 0 bridgehead atoms. The van der Waals surface area contributed by atoms with Crippen LogP contribution in [0.1, 0.15) is 20.3 Å². The molecule has 1 atom stereocenters. The zero-order valence-electron chi connectivity index (χ0n) is 8.01. The van der Waals surface area contributed by atoms with E-state index in [9.17, 15) is 4.79 Å². The first kappa shape index (κ1) is 15.5. The van der Waals surface area contributed by atoms with E-state index in [2.05, 4.69) is 5.32 Å². The third kappa shape index (κ3) is 8.34. The second-order valence-electron chi connectivity index (χ2n) is 2.47. The Labute approximate surface area is 90.6 Å². The smallest absolute Gasteiger partial charge is 0.322 e. The van der Waals surface area contributed by atoms with Gasteiger partial charge in [-0.05, 0) is 26.8 Å². The monoisotopic (exact) mass is 229 g/mol. The van der Waals surface area contributed by atoms with E-state index in [4.69, 9.17) is 16.3 Å². The van der Waals surface area contributed by atoms with Crippen LogP contribution in [0.2, 0.25) is 0 Å². The molecule has 0 fully saturated rings. The van der Waals surface area contributed by atoms with Crippen LogP contribution in [-0.4, -0.2) is 31.0 Å². The molecule has 5 heteroatoms. The topological polar surface area (TPSA) is 38.3 Å². The lowest BCUT2D eigenvalue weighted by molar-refractivity contribution is -0.145. The Morgan fingerprint density at radius 3 is 2.69 bits per heavy atom. The van der Waals surface area contributed by atoms with Crippen molar-refractivity contribution in [1.29, 1.82) is 0 Å². The van der Waals surface area contributed by atoms with Crippen molar-refractivity contribution in [3.8, 4) is 0 Å². The number of alkyl halides is 1. The van der Waals surface area contributed by atoms with Gasteiger partial charge in [0.2, 0.25) is 0 Å². The van der Waals surface area contributed by atoms with Crippen molar-refractivity contribution in [3.63, 3.8) is 0 Å². The fourth-order valence-electron chi connectivity index (χ4n) is 0.736. The Morgan fingerprint density at radius 2 is 2.23 bits per heavy atom. The van der Waals surface area contributed by atoms with Crippen molar-refractivity contribution in [2.24, 2.45) is 0 Å². The molecule has 0 amide bonds. The highest BCUT2D eigenvalue weighted by atomic mass is 35.5. The maximum Gasteiger partial charge on any atom is 0.322 e. The fourth-order valence-corrected chi connectivity index (χ4v) is 0.870. The van der Waals surface area contributed by atoms with Gasteiger partial charge in [-0.1, -0.05) is 0 Å². The minimum absolute atomic E-state index is 0. The summed E-state index contributed by atoms with van der Waals surface area (Å²) in [6, 6.07) is -0.229. The van der Waals surface area contributed by atoms with Gasteiger partial charge in [-0.2, -0.15) is 0 Å². The summed E-state index contributed by atoms with van der Waals surface area (Å²) in [4.78, 5) is 11.0. The van der Waals surface area contributed by atoms with E-state index in [0.29, 0.717) is 12.5 Å². The van der Waals surface area contributed by atoms with E-state index < -0.39 is 0 Å². The largest absolute Gasteiger partial charge is 0.465 e. The van der Waals surface area contributed by atoms with Gasteiger partial charge >= 0.3 is 5.97 Å². The minimum Gasteiger partial charge on any atom is -0.465 e. The highest BCUT2D eigenvalue weighted by molar-refractivity contribution is 6.17. The molecule has 0 aliphatic rings. The average Bonchev–Trinajstić information content (AvgIpc) is 2.05. The summed E-state index contributed by atoms with van der Waals surface area (Å²) >= 11 is 5.47. The zero-order chi connectivity index (χ0) is 9.40. The summed E-state index contributed by atoms with van der Waals surface area (Å²) in [6.45, 7) is 4.76. The van der Waals surface area contributed by atoms with Gasteiger partial charge < -0.3 is 10.1 Å². The SMILES string of the molecule is CCOC(=O)C(C)NCCCCl.Cl. The molecule has 0 aromatic rings. The van der Waals surface area contributed by atoms with Crippen molar-refractivity contribution in [3.05, 3.63) is 0 Å². The minimum atomic E-state index is -0.229. The number of hydrogen-bond acceptors (Lipinski definition) is 3. The molecule has 0 heterocycles. The summed E-state index contributed by atoms with van der Waals surface area (Å²) in [5.41, 5.74) is 0. The van der Waals surface area contributed by atoms with Crippen molar-refractivity contribution < 1.29 is 9.53 Å². The van der Waals surface area contributed by atoms with Gasteiger partial charge in [0, 0.05) is 5.88 Å². The molecule has 0 rings (SSSR count). The van der Waals surface area contributed by atoms with E-state index in [1.165, 1.54) is 0 Å². The van der Waals surface area contributed by atoms with Crippen LogP contribution in [0, 0.1) is 0 Å². The van der Waals surface area contributed by atoms with Crippen LogP contribution in [0.4, 0.5) is 0 Å². The quantitative estimate of drug-likeness (QED) is 0.427. The van der Waals surface area contributed by atoms with Gasteiger partial charge in [0.05, 0.1) is 6.61 Å². The molecule has 0 aliphatic heterocycles. The number of rotatable bonds is 6. The predicted octanol–water partition coefficient (Wildman–Crippen LogP) is 1.58. The Kier molecular flexibility index (Phi) is 12.0. The average molecular weight is 230 g/mol. The lowest BCUT2D eigenvalue weighted by Gasteiger charge is -2.11. The van der Waals surface area contributed by atoms with Crippen LogP contribution in [0.3, 0.4) is 0 Å². The van der Waals surface area contributed by atoms with Gasteiger partial charge in [-0.15, -0.1) is 24.0 Å². The van der Waals surface area contributed by atoms with Crippen molar-refractivity contribution >= 4 is 30.0 Å². The maximum atomic E-state index is 11.0.